The second-order valence-corrected chi connectivity index (χ2v) is 7.84. The Morgan fingerprint density at radius 3 is 2.21 bits per heavy atom. The van der Waals surface area contributed by atoms with Crippen LogP contribution in [0.15, 0.2) is 105 Å². The number of aliphatic carboxylic acids is 1. The van der Waals surface area contributed by atoms with Crippen LogP contribution in [0.2, 0.25) is 0 Å². The highest BCUT2D eigenvalue weighted by Crippen LogP contribution is 2.27. The summed E-state index contributed by atoms with van der Waals surface area (Å²) in [6.45, 7) is -0.210. The van der Waals surface area contributed by atoms with Crippen LogP contribution in [0.3, 0.4) is 0 Å². The van der Waals surface area contributed by atoms with Crippen molar-refractivity contribution in [1.29, 1.82) is 0 Å². The molecule has 0 aliphatic rings. The zero-order chi connectivity index (χ0) is 23.0. The first-order valence-electron chi connectivity index (χ1n) is 9.97. The van der Waals surface area contributed by atoms with Crippen molar-refractivity contribution in [3.63, 3.8) is 0 Å². The summed E-state index contributed by atoms with van der Waals surface area (Å²) in [6.07, 6.45) is 0.729. The summed E-state index contributed by atoms with van der Waals surface area (Å²) in [6, 6.07) is 23.7. The molecular formula is C25H19NO6S. The SMILES string of the molecule is O=C(O)/C(=N\OCc1cc(=O)c(OC(c2ccccc2)c2ccccc2)co1)c1cccs1. The van der Waals surface area contributed by atoms with Gasteiger partial charge in [0.2, 0.25) is 16.9 Å². The highest BCUT2D eigenvalue weighted by molar-refractivity contribution is 7.13. The molecule has 33 heavy (non-hydrogen) atoms. The molecule has 2 aromatic carbocycles. The number of carboxylic acids is 1. The van der Waals surface area contributed by atoms with Crippen LogP contribution >= 0.6 is 11.3 Å². The highest BCUT2D eigenvalue weighted by Gasteiger charge is 2.18. The third kappa shape index (κ3) is 5.55. The maximum absolute atomic E-state index is 12.7. The molecule has 4 aromatic rings. The number of nitrogens with zero attached hydrogens (tertiary/aromatic N) is 1. The van der Waals surface area contributed by atoms with E-state index in [1.165, 1.54) is 23.7 Å². The average molecular weight is 461 g/mol. The van der Waals surface area contributed by atoms with E-state index in [2.05, 4.69) is 5.16 Å². The molecule has 0 unspecified atom stereocenters. The van der Waals surface area contributed by atoms with Gasteiger partial charge in [0.25, 0.3) is 0 Å². The van der Waals surface area contributed by atoms with Crippen LogP contribution in [0.1, 0.15) is 27.9 Å². The van der Waals surface area contributed by atoms with Crippen molar-refractivity contribution in [2.24, 2.45) is 5.16 Å². The summed E-state index contributed by atoms with van der Waals surface area (Å²) < 4.78 is 11.5. The van der Waals surface area contributed by atoms with E-state index in [-0.39, 0.29) is 23.8 Å². The number of thiophene rings is 1. The summed E-state index contributed by atoms with van der Waals surface area (Å²) >= 11 is 1.23. The number of carbonyl (C=O) groups is 1. The van der Waals surface area contributed by atoms with Crippen LogP contribution in [0.25, 0.3) is 0 Å². The van der Waals surface area contributed by atoms with Crippen molar-refractivity contribution >= 4 is 23.0 Å². The standard InChI is InChI=1S/C25H19NO6S/c27-20-14-19(15-31-26-23(25(28)29)22-12-7-13-33-22)30-16-21(20)32-24(17-8-3-1-4-9-17)18-10-5-2-6-11-18/h1-14,16,24H,15H2,(H,28,29)/b26-23-. The molecule has 0 fully saturated rings. The van der Waals surface area contributed by atoms with Gasteiger partial charge in [-0.15, -0.1) is 11.3 Å². The third-order valence-corrected chi connectivity index (χ3v) is 5.50. The Hall–Kier alpha value is -4.17. The number of carboxylic acid groups (broad SMARTS) is 1. The highest BCUT2D eigenvalue weighted by atomic mass is 32.1. The number of benzene rings is 2. The topological polar surface area (TPSA) is 98.3 Å². The second-order valence-electron chi connectivity index (χ2n) is 6.89. The van der Waals surface area contributed by atoms with Crippen LogP contribution in [-0.4, -0.2) is 16.8 Å². The normalized spacial score (nSPS) is 11.4. The monoisotopic (exact) mass is 461 g/mol. The Bertz CT molecular complexity index is 1240. The van der Waals surface area contributed by atoms with Crippen molar-refractivity contribution < 1.29 is 23.9 Å². The number of rotatable bonds is 9. The molecule has 2 heterocycles. The molecule has 1 N–H and O–H groups in total. The minimum absolute atomic E-state index is 0.0461. The number of hydrogen-bond donors (Lipinski definition) is 1. The van der Waals surface area contributed by atoms with Crippen molar-refractivity contribution in [2.45, 2.75) is 12.7 Å². The van der Waals surface area contributed by atoms with Crippen molar-refractivity contribution in [3.05, 3.63) is 122 Å². The van der Waals surface area contributed by atoms with Gasteiger partial charge in [-0.25, -0.2) is 4.79 Å². The largest absolute Gasteiger partial charge is 0.476 e. The minimum atomic E-state index is -1.21. The van der Waals surface area contributed by atoms with Gasteiger partial charge >= 0.3 is 5.97 Å². The zero-order valence-electron chi connectivity index (χ0n) is 17.3. The number of ether oxygens (including phenoxy) is 1. The Morgan fingerprint density at radius 2 is 1.67 bits per heavy atom. The molecule has 166 valence electrons. The van der Waals surface area contributed by atoms with E-state index in [1.807, 2.05) is 60.7 Å². The molecule has 7 nitrogen and oxygen atoms in total. The minimum Gasteiger partial charge on any atom is -0.476 e. The van der Waals surface area contributed by atoms with Crippen molar-refractivity contribution in [1.82, 2.24) is 0 Å². The molecule has 0 radical (unpaired) electrons. The summed E-state index contributed by atoms with van der Waals surface area (Å²) in [5.74, 6) is -0.983. The molecule has 0 bridgehead atoms. The van der Waals surface area contributed by atoms with Crippen LogP contribution in [0, 0.1) is 0 Å². The van der Waals surface area contributed by atoms with E-state index >= 15 is 0 Å². The van der Waals surface area contributed by atoms with Gasteiger partial charge in [0, 0.05) is 6.07 Å². The molecule has 2 aromatic heterocycles. The maximum Gasteiger partial charge on any atom is 0.359 e. The first kappa shape index (κ1) is 22.0. The van der Waals surface area contributed by atoms with Gasteiger partial charge in [0.1, 0.15) is 18.1 Å². The fraction of sp³-hybridized carbons (Fsp3) is 0.0800. The molecule has 8 heteroatoms. The average Bonchev–Trinajstić information content (AvgIpc) is 3.37. The number of hydrogen-bond acceptors (Lipinski definition) is 7. The third-order valence-electron chi connectivity index (χ3n) is 4.62. The van der Waals surface area contributed by atoms with Gasteiger partial charge in [-0.2, -0.15) is 0 Å². The van der Waals surface area contributed by atoms with Gasteiger partial charge < -0.3 is 19.1 Å². The first-order valence-corrected chi connectivity index (χ1v) is 10.8. The van der Waals surface area contributed by atoms with Crippen LogP contribution in [0.5, 0.6) is 5.75 Å². The lowest BCUT2D eigenvalue weighted by atomic mass is 10.0. The first-order chi connectivity index (χ1) is 16.1. The van der Waals surface area contributed by atoms with Crippen LogP contribution in [-0.2, 0) is 16.2 Å². The van der Waals surface area contributed by atoms with Gasteiger partial charge in [-0.1, -0.05) is 71.9 Å². The zero-order valence-corrected chi connectivity index (χ0v) is 18.1. The quantitative estimate of drug-likeness (QED) is 0.282. The summed E-state index contributed by atoms with van der Waals surface area (Å²) in [5, 5.41) is 14.7. The summed E-state index contributed by atoms with van der Waals surface area (Å²) in [5.41, 5.74) is 1.16. The molecule has 0 aliphatic carbocycles. The Morgan fingerprint density at radius 1 is 1.00 bits per heavy atom. The molecule has 0 saturated heterocycles. The lowest BCUT2D eigenvalue weighted by molar-refractivity contribution is -0.129. The van der Waals surface area contributed by atoms with Crippen molar-refractivity contribution in [2.75, 3.05) is 0 Å². The van der Waals surface area contributed by atoms with E-state index < -0.39 is 17.5 Å². The molecule has 0 aliphatic heterocycles. The molecular weight excluding hydrogens is 442 g/mol. The Balaban J connectivity index is 1.50. The van der Waals surface area contributed by atoms with E-state index in [0.717, 1.165) is 11.1 Å². The van der Waals surface area contributed by atoms with Gasteiger partial charge in [0.15, 0.2) is 6.61 Å². The fourth-order valence-corrected chi connectivity index (χ4v) is 3.77. The Kier molecular flexibility index (Phi) is 6.96. The maximum atomic E-state index is 12.7. The molecule has 0 spiro atoms. The Labute approximate surface area is 193 Å². The molecule has 0 saturated carbocycles. The summed E-state index contributed by atoms with van der Waals surface area (Å²) in [7, 11) is 0. The summed E-state index contributed by atoms with van der Waals surface area (Å²) in [4.78, 5) is 29.6. The van der Waals surface area contributed by atoms with Gasteiger partial charge in [-0.3, -0.25) is 4.79 Å². The predicted molar refractivity (Wildman–Crippen MR) is 124 cm³/mol. The van der Waals surface area contributed by atoms with E-state index in [4.69, 9.17) is 14.0 Å². The fourth-order valence-electron chi connectivity index (χ4n) is 3.07. The number of oxime groups is 1. The van der Waals surface area contributed by atoms with E-state index in [1.54, 1.807) is 17.5 Å². The molecule has 0 amide bonds. The predicted octanol–water partition coefficient (Wildman–Crippen LogP) is 4.88. The van der Waals surface area contributed by atoms with Crippen molar-refractivity contribution in [3.8, 4) is 5.75 Å². The van der Waals surface area contributed by atoms with E-state index in [0.29, 0.717) is 4.88 Å². The van der Waals surface area contributed by atoms with Gasteiger partial charge in [0.05, 0.1) is 4.88 Å². The lowest BCUT2D eigenvalue weighted by Crippen LogP contribution is -2.15. The smallest absolute Gasteiger partial charge is 0.359 e. The second kappa shape index (κ2) is 10.4. The lowest BCUT2D eigenvalue weighted by Gasteiger charge is -2.19. The molecule has 0 atom stereocenters. The van der Waals surface area contributed by atoms with Crippen LogP contribution in [0.4, 0.5) is 0 Å². The van der Waals surface area contributed by atoms with E-state index in [9.17, 15) is 14.7 Å². The van der Waals surface area contributed by atoms with Crippen LogP contribution < -0.4 is 10.2 Å². The molecule has 4 rings (SSSR count). The van der Waals surface area contributed by atoms with Gasteiger partial charge in [-0.05, 0) is 22.6 Å².